The van der Waals surface area contributed by atoms with Crippen molar-refractivity contribution in [1.29, 1.82) is 0 Å². The van der Waals surface area contributed by atoms with Crippen molar-refractivity contribution < 1.29 is 0 Å². The number of rotatable bonds is 4. The second kappa shape index (κ2) is 5.50. The van der Waals surface area contributed by atoms with Crippen LogP contribution in [0.25, 0.3) is 0 Å². The van der Waals surface area contributed by atoms with E-state index in [1.54, 1.807) is 0 Å². The highest BCUT2D eigenvalue weighted by molar-refractivity contribution is 5.47. The monoisotopic (exact) mass is 235 g/mol. The molecule has 1 aromatic rings. The zero-order chi connectivity index (χ0) is 13.1. The van der Waals surface area contributed by atoms with E-state index in [9.17, 15) is 0 Å². The zero-order valence-corrected chi connectivity index (χ0v) is 11.9. The molecule has 0 aliphatic rings. The van der Waals surface area contributed by atoms with Crippen LogP contribution in [0.2, 0.25) is 0 Å². The van der Waals surface area contributed by atoms with Gasteiger partial charge in [0.2, 0.25) is 0 Å². The summed E-state index contributed by atoms with van der Waals surface area (Å²) in [7, 11) is 4.08. The van der Waals surface area contributed by atoms with Crippen LogP contribution in [0.3, 0.4) is 0 Å². The summed E-state index contributed by atoms with van der Waals surface area (Å²) in [4.78, 5) is 6.79. The molecule has 1 heterocycles. The summed E-state index contributed by atoms with van der Waals surface area (Å²) in [6, 6.07) is 4.56. The molecule has 0 radical (unpaired) electrons. The molecule has 17 heavy (non-hydrogen) atoms. The lowest BCUT2D eigenvalue weighted by Crippen LogP contribution is -2.40. The van der Waals surface area contributed by atoms with Crippen molar-refractivity contribution in [3.63, 3.8) is 0 Å². The van der Waals surface area contributed by atoms with Crippen LogP contribution >= 0.6 is 0 Å². The maximum absolute atomic E-state index is 4.52. The van der Waals surface area contributed by atoms with E-state index in [1.165, 1.54) is 5.56 Å². The smallest absolute Gasteiger partial charge is 0.133 e. The molecular weight excluding hydrogens is 210 g/mol. The standard InChI is InChI=1S/C14H25N3/c1-11(14(2,3)4)17(6)13-12(10-15-5)8-7-9-16-13/h7-9,11,15H,10H2,1-6H3. The van der Waals surface area contributed by atoms with Gasteiger partial charge in [-0.25, -0.2) is 4.98 Å². The van der Waals surface area contributed by atoms with Crippen LogP contribution in [0.1, 0.15) is 33.3 Å². The molecule has 3 nitrogen and oxygen atoms in total. The summed E-state index contributed by atoms with van der Waals surface area (Å²) in [5, 5.41) is 3.19. The van der Waals surface area contributed by atoms with Gasteiger partial charge in [0.15, 0.2) is 0 Å². The summed E-state index contributed by atoms with van der Waals surface area (Å²) < 4.78 is 0. The van der Waals surface area contributed by atoms with Gasteiger partial charge in [0, 0.05) is 31.4 Å². The molecule has 96 valence electrons. The zero-order valence-electron chi connectivity index (χ0n) is 11.9. The Bertz CT molecular complexity index is 355. The van der Waals surface area contributed by atoms with Crippen LogP contribution in [-0.2, 0) is 6.54 Å². The molecule has 0 spiro atoms. The van der Waals surface area contributed by atoms with Crippen LogP contribution in [0.15, 0.2) is 18.3 Å². The third-order valence-electron chi connectivity index (χ3n) is 3.40. The predicted octanol–water partition coefficient (Wildman–Crippen LogP) is 2.67. The number of anilines is 1. The molecule has 1 N–H and O–H groups in total. The Morgan fingerprint density at radius 2 is 2.06 bits per heavy atom. The van der Waals surface area contributed by atoms with E-state index in [0.717, 1.165) is 12.4 Å². The van der Waals surface area contributed by atoms with E-state index in [-0.39, 0.29) is 5.41 Å². The van der Waals surface area contributed by atoms with Crippen molar-refractivity contribution in [2.45, 2.75) is 40.3 Å². The molecule has 0 fully saturated rings. The topological polar surface area (TPSA) is 28.2 Å². The third kappa shape index (κ3) is 3.43. The Hall–Kier alpha value is -1.09. The molecule has 1 rings (SSSR count). The molecule has 0 amide bonds. The molecule has 0 saturated carbocycles. The number of hydrogen-bond donors (Lipinski definition) is 1. The van der Waals surface area contributed by atoms with Gasteiger partial charge in [-0.3, -0.25) is 0 Å². The van der Waals surface area contributed by atoms with Gasteiger partial charge >= 0.3 is 0 Å². The minimum atomic E-state index is 0.239. The average Bonchev–Trinajstić information content (AvgIpc) is 2.27. The van der Waals surface area contributed by atoms with Crippen LogP contribution in [0.4, 0.5) is 5.82 Å². The highest BCUT2D eigenvalue weighted by Crippen LogP contribution is 2.27. The van der Waals surface area contributed by atoms with E-state index in [1.807, 2.05) is 19.3 Å². The van der Waals surface area contributed by atoms with Crippen molar-refractivity contribution in [2.24, 2.45) is 5.41 Å². The molecule has 0 saturated heterocycles. The summed E-state index contributed by atoms with van der Waals surface area (Å²) in [5.41, 5.74) is 1.48. The van der Waals surface area contributed by atoms with E-state index >= 15 is 0 Å². The fourth-order valence-electron chi connectivity index (χ4n) is 1.84. The molecule has 1 aromatic heterocycles. The second-order valence-corrected chi connectivity index (χ2v) is 5.67. The molecule has 1 unspecified atom stereocenters. The third-order valence-corrected chi connectivity index (χ3v) is 3.40. The van der Waals surface area contributed by atoms with Gasteiger partial charge in [-0.2, -0.15) is 0 Å². The summed E-state index contributed by atoms with van der Waals surface area (Å²) in [6.07, 6.45) is 1.86. The summed E-state index contributed by atoms with van der Waals surface area (Å²) in [5.74, 6) is 1.07. The summed E-state index contributed by atoms with van der Waals surface area (Å²) >= 11 is 0. The lowest BCUT2D eigenvalue weighted by molar-refractivity contribution is 0.328. The van der Waals surface area contributed by atoms with Crippen molar-refractivity contribution in [3.05, 3.63) is 23.9 Å². The average molecular weight is 235 g/mol. The van der Waals surface area contributed by atoms with Crippen molar-refractivity contribution in [2.75, 3.05) is 19.0 Å². The second-order valence-electron chi connectivity index (χ2n) is 5.67. The Kier molecular flexibility index (Phi) is 4.52. The minimum absolute atomic E-state index is 0.239. The lowest BCUT2D eigenvalue weighted by atomic mass is 9.87. The molecule has 0 aromatic carbocycles. The van der Waals surface area contributed by atoms with Gasteiger partial charge in [-0.05, 0) is 25.5 Å². The summed E-state index contributed by atoms with van der Waals surface area (Å²) in [6.45, 7) is 9.88. The van der Waals surface area contributed by atoms with Crippen LogP contribution in [0.5, 0.6) is 0 Å². The van der Waals surface area contributed by atoms with Crippen molar-refractivity contribution >= 4 is 5.82 Å². The highest BCUT2D eigenvalue weighted by atomic mass is 15.2. The fraction of sp³-hybridized carbons (Fsp3) is 0.643. The van der Waals surface area contributed by atoms with E-state index in [4.69, 9.17) is 0 Å². The Labute approximate surface area is 105 Å². The molecule has 0 aliphatic carbocycles. The maximum Gasteiger partial charge on any atom is 0.133 e. The first-order valence-electron chi connectivity index (χ1n) is 6.19. The quantitative estimate of drug-likeness (QED) is 0.869. The first kappa shape index (κ1) is 14.0. The highest BCUT2D eigenvalue weighted by Gasteiger charge is 2.25. The number of aromatic nitrogens is 1. The SMILES string of the molecule is CNCc1cccnc1N(C)C(C)C(C)(C)C. The number of nitrogens with zero attached hydrogens (tertiary/aromatic N) is 2. The van der Waals surface area contributed by atoms with Gasteiger partial charge in [-0.15, -0.1) is 0 Å². The molecule has 3 heteroatoms. The molecular formula is C14H25N3. The van der Waals surface area contributed by atoms with Crippen LogP contribution in [-0.4, -0.2) is 25.1 Å². The van der Waals surface area contributed by atoms with E-state index in [2.05, 4.69) is 56.0 Å². The molecule has 1 atom stereocenters. The first-order valence-corrected chi connectivity index (χ1v) is 6.19. The van der Waals surface area contributed by atoms with Crippen molar-refractivity contribution in [3.8, 4) is 0 Å². The largest absolute Gasteiger partial charge is 0.356 e. The van der Waals surface area contributed by atoms with Gasteiger partial charge in [0.1, 0.15) is 5.82 Å². The van der Waals surface area contributed by atoms with Crippen LogP contribution in [0, 0.1) is 5.41 Å². The Morgan fingerprint density at radius 3 is 2.59 bits per heavy atom. The lowest BCUT2D eigenvalue weighted by Gasteiger charge is -2.37. The van der Waals surface area contributed by atoms with Crippen LogP contribution < -0.4 is 10.2 Å². The van der Waals surface area contributed by atoms with E-state index in [0.29, 0.717) is 6.04 Å². The van der Waals surface area contributed by atoms with Gasteiger partial charge in [-0.1, -0.05) is 26.8 Å². The predicted molar refractivity (Wildman–Crippen MR) is 74.3 cm³/mol. The fourth-order valence-corrected chi connectivity index (χ4v) is 1.84. The van der Waals surface area contributed by atoms with Gasteiger partial charge in [0.25, 0.3) is 0 Å². The van der Waals surface area contributed by atoms with E-state index < -0.39 is 0 Å². The first-order chi connectivity index (χ1) is 7.88. The Balaban J connectivity index is 2.99. The number of pyridine rings is 1. The normalized spacial score (nSPS) is 13.5. The molecule has 0 aliphatic heterocycles. The Morgan fingerprint density at radius 1 is 1.41 bits per heavy atom. The number of hydrogen-bond acceptors (Lipinski definition) is 3. The van der Waals surface area contributed by atoms with Gasteiger partial charge < -0.3 is 10.2 Å². The van der Waals surface area contributed by atoms with Gasteiger partial charge in [0.05, 0.1) is 0 Å². The van der Waals surface area contributed by atoms with Crippen molar-refractivity contribution in [1.82, 2.24) is 10.3 Å². The molecule has 0 bridgehead atoms. The minimum Gasteiger partial charge on any atom is -0.356 e. The maximum atomic E-state index is 4.52. The number of nitrogens with one attached hydrogen (secondary N) is 1.